The van der Waals surface area contributed by atoms with Crippen LogP contribution in [-0.4, -0.2) is 43.7 Å². The molecule has 0 spiro atoms. The van der Waals surface area contributed by atoms with Gasteiger partial charge in [-0.25, -0.2) is 0 Å². The molecule has 1 heterocycles. The van der Waals surface area contributed by atoms with Crippen LogP contribution in [0.1, 0.15) is 31.7 Å². The first-order valence-corrected chi connectivity index (χ1v) is 8.28. The zero-order chi connectivity index (χ0) is 15.8. The van der Waals surface area contributed by atoms with Gasteiger partial charge < -0.3 is 14.4 Å². The highest BCUT2D eigenvalue weighted by molar-refractivity contribution is 5.72. The summed E-state index contributed by atoms with van der Waals surface area (Å²) in [5.74, 6) is 0.972. The lowest BCUT2D eigenvalue weighted by Gasteiger charge is -2.31. The van der Waals surface area contributed by atoms with Crippen molar-refractivity contribution in [1.29, 1.82) is 0 Å². The third-order valence-corrected chi connectivity index (χ3v) is 4.10. The van der Waals surface area contributed by atoms with E-state index in [0.29, 0.717) is 13.2 Å². The molecule has 122 valence electrons. The Kier molecular flexibility index (Phi) is 6.72. The minimum Gasteiger partial charge on any atom is -0.493 e. The number of esters is 1. The highest BCUT2D eigenvalue weighted by atomic mass is 16.5. The van der Waals surface area contributed by atoms with Crippen LogP contribution in [-0.2, 0) is 9.53 Å². The number of carbonyl (C=O) groups is 1. The summed E-state index contributed by atoms with van der Waals surface area (Å²) in [6, 6.07) is 8.08. The van der Waals surface area contributed by atoms with Crippen molar-refractivity contribution >= 4 is 5.97 Å². The molecule has 1 saturated heterocycles. The van der Waals surface area contributed by atoms with Gasteiger partial charge in [-0.15, -0.1) is 0 Å². The molecule has 1 aliphatic rings. The topological polar surface area (TPSA) is 38.8 Å². The van der Waals surface area contributed by atoms with Crippen LogP contribution in [0.25, 0.3) is 0 Å². The Labute approximate surface area is 133 Å². The zero-order valence-corrected chi connectivity index (χ0v) is 13.7. The molecular weight excluding hydrogens is 278 g/mol. The Morgan fingerprint density at radius 3 is 2.95 bits per heavy atom. The Morgan fingerprint density at radius 1 is 1.36 bits per heavy atom. The predicted octanol–water partition coefficient (Wildman–Crippen LogP) is 3.04. The summed E-state index contributed by atoms with van der Waals surface area (Å²) in [5.41, 5.74) is 1.17. The number of aryl methyl sites for hydroxylation is 1. The monoisotopic (exact) mass is 305 g/mol. The lowest BCUT2D eigenvalue weighted by molar-refractivity contribution is -0.149. The van der Waals surface area contributed by atoms with Crippen LogP contribution in [0.3, 0.4) is 0 Å². The molecule has 0 aliphatic carbocycles. The van der Waals surface area contributed by atoms with Gasteiger partial charge in [0.2, 0.25) is 0 Å². The SMILES string of the molecule is CCOC(=O)[C@H]1CCCN(CCCOc2ccccc2C)C1. The van der Waals surface area contributed by atoms with Gasteiger partial charge in [-0.05, 0) is 51.3 Å². The van der Waals surface area contributed by atoms with E-state index in [-0.39, 0.29) is 11.9 Å². The van der Waals surface area contributed by atoms with E-state index < -0.39 is 0 Å². The maximum absolute atomic E-state index is 11.8. The Morgan fingerprint density at radius 2 is 2.18 bits per heavy atom. The first-order valence-electron chi connectivity index (χ1n) is 8.28. The van der Waals surface area contributed by atoms with Crippen molar-refractivity contribution in [3.8, 4) is 5.75 Å². The number of likely N-dealkylation sites (tertiary alicyclic amines) is 1. The highest BCUT2D eigenvalue weighted by Gasteiger charge is 2.26. The number of benzene rings is 1. The van der Waals surface area contributed by atoms with E-state index in [0.717, 1.165) is 44.6 Å². The summed E-state index contributed by atoms with van der Waals surface area (Å²) in [6.07, 6.45) is 3.00. The number of rotatable bonds is 7. The lowest BCUT2D eigenvalue weighted by atomic mass is 9.98. The summed E-state index contributed by atoms with van der Waals surface area (Å²) < 4.78 is 11.0. The second kappa shape index (κ2) is 8.79. The average molecular weight is 305 g/mol. The number of nitrogens with zero attached hydrogens (tertiary/aromatic N) is 1. The fourth-order valence-electron chi connectivity index (χ4n) is 2.90. The quantitative estimate of drug-likeness (QED) is 0.573. The van der Waals surface area contributed by atoms with Crippen LogP contribution >= 0.6 is 0 Å². The Hall–Kier alpha value is -1.55. The molecule has 1 aromatic carbocycles. The maximum atomic E-state index is 11.8. The van der Waals surface area contributed by atoms with Crippen molar-refractivity contribution in [1.82, 2.24) is 4.90 Å². The number of hydrogen-bond donors (Lipinski definition) is 0. The minimum atomic E-state index is -0.0386. The molecule has 0 radical (unpaired) electrons. The molecule has 0 N–H and O–H groups in total. The van der Waals surface area contributed by atoms with Crippen LogP contribution in [0.15, 0.2) is 24.3 Å². The van der Waals surface area contributed by atoms with Crippen LogP contribution in [0, 0.1) is 12.8 Å². The van der Waals surface area contributed by atoms with Gasteiger partial charge in [0.1, 0.15) is 5.75 Å². The molecule has 1 atom stereocenters. The maximum Gasteiger partial charge on any atom is 0.310 e. The van der Waals surface area contributed by atoms with Crippen molar-refractivity contribution in [2.75, 3.05) is 32.8 Å². The molecule has 0 amide bonds. The normalized spacial score (nSPS) is 18.9. The lowest BCUT2D eigenvalue weighted by Crippen LogP contribution is -2.40. The van der Waals surface area contributed by atoms with E-state index in [1.54, 1.807) is 0 Å². The summed E-state index contributed by atoms with van der Waals surface area (Å²) >= 11 is 0. The Balaban J connectivity index is 1.68. The van der Waals surface area contributed by atoms with Crippen molar-refractivity contribution in [3.05, 3.63) is 29.8 Å². The third-order valence-electron chi connectivity index (χ3n) is 4.10. The number of para-hydroxylation sites is 1. The molecule has 0 aromatic heterocycles. The van der Waals surface area contributed by atoms with Crippen LogP contribution < -0.4 is 4.74 Å². The van der Waals surface area contributed by atoms with Gasteiger partial charge in [0.25, 0.3) is 0 Å². The van der Waals surface area contributed by atoms with Crippen LogP contribution in [0.2, 0.25) is 0 Å². The molecule has 0 bridgehead atoms. The van der Waals surface area contributed by atoms with Crippen LogP contribution in [0.5, 0.6) is 5.75 Å². The first-order chi connectivity index (χ1) is 10.7. The standard InChI is InChI=1S/C18H27NO3/c1-3-21-18(20)16-9-6-11-19(14-16)12-7-13-22-17-10-5-4-8-15(17)2/h4-5,8,10,16H,3,6-7,9,11-14H2,1-2H3/t16-/m0/s1. The number of ether oxygens (including phenoxy) is 2. The second-order valence-corrected chi connectivity index (χ2v) is 5.86. The molecule has 1 fully saturated rings. The van der Waals surface area contributed by atoms with Gasteiger partial charge in [0.05, 0.1) is 19.1 Å². The first kappa shape index (κ1) is 16.8. The van der Waals surface area contributed by atoms with Gasteiger partial charge in [0.15, 0.2) is 0 Å². The van der Waals surface area contributed by atoms with Gasteiger partial charge in [0, 0.05) is 13.1 Å². The molecule has 1 aliphatic heterocycles. The molecule has 0 unspecified atom stereocenters. The summed E-state index contributed by atoms with van der Waals surface area (Å²) in [7, 11) is 0. The summed E-state index contributed by atoms with van der Waals surface area (Å²) in [4.78, 5) is 14.2. The molecule has 1 aromatic rings. The fraction of sp³-hybridized carbons (Fsp3) is 0.611. The number of carbonyl (C=O) groups excluding carboxylic acids is 1. The molecule has 4 heteroatoms. The third kappa shape index (κ3) is 5.02. The van der Waals surface area contributed by atoms with Gasteiger partial charge in [-0.2, -0.15) is 0 Å². The molecule has 0 saturated carbocycles. The van der Waals surface area contributed by atoms with Crippen molar-refractivity contribution in [2.45, 2.75) is 33.1 Å². The number of hydrogen-bond acceptors (Lipinski definition) is 4. The van der Waals surface area contributed by atoms with E-state index >= 15 is 0 Å². The average Bonchev–Trinajstić information content (AvgIpc) is 2.54. The Bertz CT molecular complexity index is 475. The number of piperidine rings is 1. The smallest absolute Gasteiger partial charge is 0.310 e. The zero-order valence-electron chi connectivity index (χ0n) is 13.7. The summed E-state index contributed by atoms with van der Waals surface area (Å²) in [6.45, 7) is 7.97. The second-order valence-electron chi connectivity index (χ2n) is 5.86. The minimum absolute atomic E-state index is 0.0386. The molecule has 4 nitrogen and oxygen atoms in total. The van der Waals surface area contributed by atoms with Gasteiger partial charge >= 0.3 is 5.97 Å². The van der Waals surface area contributed by atoms with E-state index in [4.69, 9.17) is 9.47 Å². The van der Waals surface area contributed by atoms with E-state index in [9.17, 15) is 4.79 Å². The fourth-order valence-corrected chi connectivity index (χ4v) is 2.90. The van der Waals surface area contributed by atoms with Crippen molar-refractivity contribution < 1.29 is 14.3 Å². The van der Waals surface area contributed by atoms with E-state index in [2.05, 4.69) is 17.9 Å². The molecular formula is C18H27NO3. The van der Waals surface area contributed by atoms with E-state index in [1.807, 2.05) is 25.1 Å². The molecule has 22 heavy (non-hydrogen) atoms. The predicted molar refractivity (Wildman–Crippen MR) is 87.1 cm³/mol. The van der Waals surface area contributed by atoms with Crippen molar-refractivity contribution in [2.24, 2.45) is 5.92 Å². The van der Waals surface area contributed by atoms with E-state index in [1.165, 1.54) is 5.56 Å². The highest BCUT2D eigenvalue weighted by Crippen LogP contribution is 2.19. The van der Waals surface area contributed by atoms with Crippen LogP contribution in [0.4, 0.5) is 0 Å². The molecule has 2 rings (SSSR count). The van der Waals surface area contributed by atoms with Crippen molar-refractivity contribution in [3.63, 3.8) is 0 Å². The largest absolute Gasteiger partial charge is 0.493 e. The van der Waals surface area contributed by atoms with Gasteiger partial charge in [-0.1, -0.05) is 18.2 Å². The van der Waals surface area contributed by atoms with Gasteiger partial charge in [-0.3, -0.25) is 4.79 Å². The summed E-state index contributed by atoms with van der Waals surface area (Å²) in [5, 5.41) is 0.